The van der Waals surface area contributed by atoms with Crippen LogP contribution in [-0.4, -0.2) is 5.91 Å². The summed E-state index contributed by atoms with van der Waals surface area (Å²) in [5, 5.41) is 8.92. The number of carbonyl (C=O) groups excluding carboxylic acids is 1. The smallest absolute Gasteiger partial charge is 0.258 e. The summed E-state index contributed by atoms with van der Waals surface area (Å²) in [4.78, 5) is 34.9. The van der Waals surface area contributed by atoms with Crippen molar-refractivity contribution in [1.82, 2.24) is 0 Å². The number of rotatable bonds is 5. The Morgan fingerprint density at radius 3 is 2.15 bits per heavy atom. The maximum atomic E-state index is 12.8. The second-order valence-corrected chi connectivity index (χ2v) is 7.35. The monoisotopic (exact) mass is 353 g/mol. The average molecular weight is 353 g/mol. The largest absolute Gasteiger partial charge is 0.322 e. The molecule has 0 aliphatic rings. The minimum absolute atomic E-state index is 0.172. The van der Waals surface area contributed by atoms with Gasteiger partial charge in [0.25, 0.3) is 5.91 Å². The van der Waals surface area contributed by atoms with E-state index < -0.39 is 11.9 Å². The first-order valence-corrected chi connectivity index (χ1v) is 8.40. The summed E-state index contributed by atoms with van der Waals surface area (Å²) in [6.45, 7) is 9.37. The molecule has 0 saturated heterocycles. The molecule has 2 aromatic rings. The first-order chi connectivity index (χ1) is 12.2. The van der Waals surface area contributed by atoms with E-state index in [4.69, 9.17) is 0 Å². The number of aryl methyl sites for hydroxylation is 1. The molecule has 136 valence electrons. The van der Waals surface area contributed by atoms with Crippen LogP contribution in [0.5, 0.6) is 0 Å². The molecule has 0 fully saturated rings. The Bertz CT molecular complexity index is 837. The molecule has 26 heavy (non-hydrogen) atoms. The van der Waals surface area contributed by atoms with Gasteiger partial charge >= 0.3 is 0 Å². The van der Waals surface area contributed by atoms with Gasteiger partial charge in [-0.25, -0.2) is 0 Å². The second kappa shape index (κ2) is 7.56. The van der Waals surface area contributed by atoms with E-state index in [9.17, 15) is 14.6 Å². The number of benzene rings is 2. The highest BCUT2D eigenvalue weighted by Crippen LogP contribution is 2.36. The molecular weight excluding hydrogens is 330 g/mol. The van der Waals surface area contributed by atoms with Gasteiger partial charge in [-0.05, 0) is 53.3 Å². The zero-order valence-corrected chi connectivity index (χ0v) is 15.7. The predicted molar refractivity (Wildman–Crippen MR) is 104 cm³/mol. The van der Waals surface area contributed by atoms with Crippen LogP contribution < -0.4 is 5.32 Å². The number of hydrogen-bond acceptors (Lipinski definition) is 5. The molecule has 6 nitrogen and oxygen atoms in total. The van der Waals surface area contributed by atoms with Crippen molar-refractivity contribution in [2.45, 2.75) is 46.1 Å². The standard InChI is InChI=1S/C20H23N3O3/c1-12-6-11-16(20(3,4)5)18(23-26)17(12)19(24)21-15-9-7-14(8-10-15)13(2)22-25/h6-11,13H,1-5H3,(H,21,24)/t13-/m0/s1. The fourth-order valence-electron chi connectivity index (χ4n) is 2.78. The van der Waals surface area contributed by atoms with Crippen LogP contribution in [0, 0.1) is 16.7 Å². The van der Waals surface area contributed by atoms with Crippen molar-refractivity contribution in [3.05, 3.63) is 68.5 Å². The summed E-state index contributed by atoms with van der Waals surface area (Å²) in [5.74, 6) is -0.391. The number of anilines is 1. The molecule has 0 saturated carbocycles. The lowest BCUT2D eigenvalue weighted by molar-refractivity contribution is 0.102. The Kier molecular flexibility index (Phi) is 5.65. The summed E-state index contributed by atoms with van der Waals surface area (Å²) >= 11 is 0. The highest BCUT2D eigenvalue weighted by molar-refractivity contribution is 6.09. The van der Waals surface area contributed by atoms with Crippen LogP contribution >= 0.6 is 0 Å². The Labute approximate surface area is 153 Å². The van der Waals surface area contributed by atoms with E-state index in [0.29, 0.717) is 11.3 Å². The van der Waals surface area contributed by atoms with Gasteiger partial charge in [0.2, 0.25) is 0 Å². The molecule has 1 atom stereocenters. The van der Waals surface area contributed by atoms with E-state index in [2.05, 4.69) is 15.7 Å². The summed E-state index contributed by atoms with van der Waals surface area (Å²) < 4.78 is 0. The van der Waals surface area contributed by atoms with E-state index in [1.807, 2.05) is 32.9 Å². The Morgan fingerprint density at radius 1 is 1.04 bits per heavy atom. The SMILES string of the molecule is Cc1ccc(C(C)(C)C)c(N=O)c1C(=O)Nc1ccc([C@H](C)N=O)cc1. The molecule has 6 heteroatoms. The van der Waals surface area contributed by atoms with E-state index in [-0.39, 0.29) is 16.7 Å². The number of nitroso groups, excluding NO2 is 2. The molecule has 0 unspecified atom stereocenters. The van der Waals surface area contributed by atoms with Gasteiger partial charge in [0.1, 0.15) is 11.7 Å². The molecule has 2 rings (SSSR count). The molecule has 1 amide bonds. The van der Waals surface area contributed by atoms with E-state index >= 15 is 0 Å². The molecule has 0 bridgehead atoms. The van der Waals surface area contributed by atoms with Crippen molar-refractivity contribution < 1.29 is 4.79 Å². The van der Waals surface area contributed by atoms with E-state index in [1.165, 1.54) is 0 Å². The quantitative estimate of drug-likeness (QED) is 0.692. The molecule has 0 aliphatic carbocycles. The number of nitrogens with zero attached hydrogens (tertiary/aromatic N) is 2. The summed E-state index contributed by atoms with van der Waals surface area (Å²) in [7, 11) is 0. The van der Waals surface area contributed by atoms with Gasteiger partial charge in [-0.2, -0.15) is 4.91 Å². The van der Waals surface area contributed by atoms with Gasteiger partial charge in [0, 0.05) is 5.69 Å². The Balaban J connectivity index is 2.38. The van der Waals surface area contributed by atoms with Gasteiger partial charge in [-0.1, -0.05) is 50.2 Å². The predicted octanol–water partition coefficient (Wildman–Crippen LogP) is 5.77. The Hall–Kier alpha value is -2.89. The zero-order valence-electron chi connectivity index (χ0n) is 15.7. The molecular formula is C20H23N3O3. The molecule has 0 aromatic heterocycles. The van der Waals surface area contributed by atoms with Gasteiger partial charge < -0.3 is 5.32 Å². The van der Waals surface area contributed by atoms with Crippen LogP contribution in [0.15, 0.2) is 46.8 Å². The lowest BCUT2D eigenvalue weighted by Gasteiger charge is -2.22. The van der Waals surface area contributed by atoms with Crippen LogP contribution in [0.2, 0.25) is 0 Å². The minimum Gasteiger partial charge on any atom is -0.322 e. The van der Waals surface area contributed by atoms with Gasteiger partial charge in [-0.15, -0.1) is 4.91 Å². The zero-order chi connectivity index (χ0) is 19.5. The minimum atomic E-state index is -0.448. The van der Waals surface area contributed by atoms with Crippen LogP contribution in [-0.2, 0) is 5.41 Å². The normalized spacial score (nSPS) is 12.3. The second-order valence-electron chi connectivity index (χ2n) is 7.35. The maximum absolute atomic E-state index is 12.8. The van der Waals surface area contributed by atoms with Crippen LogP contribution in [0.3, 0.4) is 0 Å². The molecule has 0 spiro atoms. The number of nitrogens with one attached hydrogen (secondary N) is 1. The number of amides is 1. The van der Waals surface area contributed by atoms with Crippen LogP contribution in [0.25, 0.3) is 0 Å². The fourth-order valence-corrected chi connectivity index (χ4v) is 2.78. The van der Waals surface area contributed by atoms with Crippen molar-refractivity contribution in [2.24, 2.45) is 10.4 Å². The molecule has 0 aliphatic heterocycles. The Morgan fingerprint density at radius 2 is 1.65 bits per heavy atom. The van der Waals surface area contributed by atoms with Gasteiger partial charge in [0.15, 0.2) is 0 Å². The molecule has 0 radical (unpaired) electrons. The highest BCUT2D eigenvalue weighted by Gasteiger charge is 2.25. The number of hydrogen-bond donors (Lipinski definition) is 1. The van der Waals surface area contributed by atoms with Gasteiger partial charge in [0.05, 0.1) is 5.56 Å². The molecule has 0 heterocycles. The molecule has 1 N–H and O–H groups in total. The van der Waals surface area contributed by atoms with E-state index in [0.717, 1.165) is 11.1 Å². The lowest BCUT2D eigenvalue weighted by Crippen LogP contribution is -2.18. The van der Waals surface area contributed by atoms with Crippen molar-refractivity contribution in [2.75, 3.05) is 5.32 Å². The summed E-state index contributed by atoms with van der Waals surface area (Å²) in [5.41, 5.74) is 2.87. The third-order valence-corrected chi connectivity index (χ3v) is 4.32. The number of carbonyl (C=O) groups is 1. The maximum Gasteiger partial charge on any atom is 0.258 e. The van der Waals surface area contributed by atoms with Crippen LogP contribution in [0.4, 0.5) is 11.4 Å². The topological polar surface area (TPSA) is 88.0 Å². The van der Waals surface area contributed by atoms with Crippen LogP contribution in [0.1, 0.15) is 60.8 Å². The van der Waals surface area contributed by atoms with Crippen molar-refractivity contribution in [3.8, 4) is 0 Å². The first-order valence-electron chi connectivity index (χ1n) is 8.40. The third kappa shape index (κ3) is 4.02. The fraction of sp³-hybridized carbons (Fsp3) is 0.350. The van der Waals surface area contributed by atoms with Crippen molar-refractivity contribution in [1.29, 1.82) is 0 Å². The summed E-state index contributed by atoms with van der Waals surface area (Å²) in [6, 6.07) is 10.1. The lowest BCUT2D eigenvalue weighted by atomic mass is 9.83. The first kappa shape index (κ1) is 19.4. The highest BCUT2D eigenvalue weighted by atomic mass is 16.3. The van der Waals surface area contributed by atoms with Crippen molar-refractivity contribution >= 4 is 17.3 Å². The van der Waals surface area contributed by atoms with Crippen molar-refractivity contribution in [3.63, 3.8) is 0 Å². The average Bonchev–Trinajstić information content (AvgIpc) is 2.60. The molecule has 2 aromatic carbocycles. The third-order valence-electron chi connectivity index (χ3n) is 4.32. The van der Waals surface area contributed by atoms with E-state index in [1.54, 1.807) is 38.1 Å². The van der Waals surface area contributed by atoms with Gasteiger partial charge in [-0.3, -0.25) is 4.79 Å². The summed E-state index contributed by atoms with van der Waals surface area (Å²) in [6.07, 6.45) is 0.